The Bertz CT molecular complexity index is 672. The van der Waals surface area contributed by atoms with Crippen LogP contribution in [0.4, 0.5) is 5.82 Å². The number of aromatic nitrogens is 1. The standard InChI is InChI=1S/C15H14ClN3O/c16-13-8-18-14(17)7-12(13)15(20)19-6-5-10-3-1-2-4-11(10)9-19/h1-4,7-8H,5-6,9H2,(H2,17,18). The van der Waals surface area contributed by atoms with Gasteiger partial charge in [-0.1, -0.05) is 35.9 Å². The third kappa shape index (κ3) is 2.34. The van der Waals surface area contributed by atoms with E-state index in [9.17, 15) is 4.79 Å². The lowest BCUT2D eigenvalue weighted by molar-refractivity contribution is 0.0735. The molecule has 1 aliphatic rings. The third-order valence-corrected chi connectivity index (χ3v) is 3.83. The van der Waals surface area contributed by atoms with Crippen LogP contribution < -0.4 is 5.73 Å². The molecule has 1 amide bonds. The van der Waals surface area contributed by atoms with E-state index in [2.05, 4.69) is 17.1 Å². The number of anilines is 1. The van der Waals surface area contributed by atoms with Gasteiger partial charge in [0.05, 0.1) is 10.6 Å². The van der Waals surface area contributed by atoms with Gasteiger partial charge in [-0.05, 0) is 23.6 Å². The Morgan fingerprint density at radius 2 is 2.05 bits per heavy atom. The van der Waals surface area contributed by atoms with Gasteiger partial charge in [0.25, 0.3) is 5.91 Å². The monoisotopic (exact) mass is 287 g/mol. The second-order valence-corrected chi connectivity index (χ2v) is 5.24. The molecular formula is C15H14ClN3O. The Hall–Kier alpha value is -2.07. The van der Waals surface area contributed by atoms with Crippen LogP contribution in [0.25, 0.3) is 0 Å². The number of amides is 1. The summed E-state index contributed by atoms with van der Waals surface area (Å²) in [6, 6.07) is 9.71. The number of fused-ring (bicyclic) bond motifs is 1. The quantitative estimate of drug-likeness (QED) is 0.877. The van der Waals surface area contributed by atoms with Gasteiger partial charge in [0.2, 0.25) is 0 Å². The fraction of sp³-hybridized carbons (Fsp3) is 0.200. The zero-order valence-electron chi connectivity index (χ0n) is 10.8. The number of rotatable bonds is 1. The molecule has 1 aliphatic heterocycles. The Balaban J connectivity index is 1.88. The predicted molar refractivity (Wildman–Crippen MR) is 78.5 cm³/mol. The fourth-order valence-electron chi connectivity index (χ4n) is 2.46. The van der Waals surface area contributed by atoms with Gasteiger partial charge in [-0.3, -0.25) is 4.79 Å². The molecule has 2 N–H and O–H groups in total. The molecule has 0 unspecified atom stereocenters. The molecule has 3 rings (SSSR count). The number of hydrogen-bond donors (Lipinski definition) is 1. The molecule has 1 aromatic carbocycles. The number of benzene rings is 1. The van der Waals surface area contributed by atoms with Gasteiger partial charge >= 0.3 is 0 Å². The molecule has 0 radical (unpaired) electrons. The Labute approximate surface area is 122 Å². The summed E-state index contributed by atoms with van der Waals surface area (Å²) in [5, 5.41) is 0.336. The number of nitrogen functional groups attached to an aromatic ring is 1. The number of hydrogen-bond acceptors (Lipinski definition) is 3. The van der Waals surface area contributed by atoms with Gasteiger partial charge in [-0.2, -0.15) is 0 Å². The normalized spacial score (nSPS) is 13.9. The van der Waals surface area contributed by atoms with Crippen molar-refractivity contribution >= 4 is 23.3 Å². The van der Waals surface area contributed by atoms with E-state index < -0.39 is 0 Å². The van der Waals surface area contributed by atoms with E-state index >= 15 is 0 Å². The minimum Gasteiger partial charge on any atom is -0.384 e. The van der Waals surface area contributed by atoms with Crippen LogP contribution in [0.15, 0.2) is 36.5 Å². The molecule has 0 atom stereocenters. The van der Waals surface area contributed by atoms with E-state index in [1.807, 2.05) is 12.1 Å². The SMILES string of the molecule is Nc1cc(C(=O)N2CCc3ccccc3C2)c(Cl)cn1. The second-order valence-electron chi connectivity index (χ2n) is 4.83. The molecule has 2 aromatic rings. The third-order valence-electron chi connectivity index (χ3n) is 3.52. The maximum absolute atomic E-state index is 12.5. The molecule has 0 aliphatic carbocycles. The van der Waals surface area contributed by atoms with Crippen LogP contribution in [-0.4, -0.2) is 22.3 Å². The minimum absolute atomic E-state index is 0.0985. The van der Waals surface area contributed by atoms with Crippen LogP contribution in [0.1, 0.15) is 21.5 Å². The van der Waals surface area contributed by atoms with Crippen molar-refractivity contribution in [3.8, 4) is 0 Å². The predicted octanol–water partition coefficient (Wildman–Crippen LogP) is 2.52. The first-order valence-electron chi connectivity index (χ1n) is 6.42. The number of pyridine rings is 1. The first kappa shape index (κ1) is 12.9. The van der Waals surface area contributed by atoms with Crippen LogP contribution in [-0.2, 0) is 13.0 Å². The summed E-state index contributed by atoms with van der Waals surface area (Å²) in [5.74, 6) is 0.203. The maximum Gasteiger partial charge on any atom is 0.255 e. The number of carbonyl (C=O) groups is 1. The molecule has 0 spiro atoms. The number of carbonyl (C=O) groups excluding carboxylic acids is 1. The van der Waals surface area contributed by atoms with Gasteiger partial charge in [0.1, 0.15) is 5.82 Å². The van der Waals surface area contributed by atoms with E-state index in [4.69, 9.17) is 17.3 Å². The smallest absolute Gasteiger partial charge is 0.255 e. The lowest BCUT2D eigenvalue weighted by Crippen LogP contribution is -2.36. The van der Waals surface area contributed by atoms with E-state index in [1.54, 1.807) is 4.90 Å². The molecule has 0 saturated carbocycles. The molecular weight excluding hydrogens is 274 g/mol. The zero-order chi connectivity index (χ0) is 14.1. The van der Waals surface area contributed by atoms with Crippen molar-refractivity contribution in [3.63, 3.8) is 0 Å². The molecule has 0 bridgehead atoms. The molecule has 1 aromatic heterocycles. The van der Waals surface area contributed by atoms with Gasteiger partial charge < -0.3 is 10.6 Å². The van der Waals surface area contributed by atoms with Gasteiger partial charge in [-0.15, -0.1) is 0 Å². The highest BCUT2D eigenvalue weighted by atomic mass is 35.5. The van der Waals surface area contributed by atoms with E-state index in [0.29, 0.717) is 29.5 Å². The van der Waals surface area contributed by atoms with Crippen LogP contribution in [0.2, 0.25) is 5.02 Å². The van der Waals surface area contributed by atoms with Crippen molar-refractivity contribution in [2.45, 2.75) is 13.0 Å². The maximum atomic E-state index is 12.5. The molecule has 102 valence electrons. The summed E-state index contributed by atoms with van der Waals surface area (Å²) >= 11 is 6.04. The van der Waals surface area contributed by atoms with Crippen LogP contribution >= 0.6 is 11.6 Å². The van der Waals surface area contributed by atoms with Crippen molar-refractivity contribution in [2.24, 2.45) is 0 Å². The largest absolute Gasteiger partial charge is 0.384 e. The zero-order valence-corrected chi connectivity index (χ0v) is 11.6. The highest BCUT2D eigenvalue weighted by Gasteiger charge is 2.23. The first-order chi connectivity index (χ1) is 9.65. The Morgan fingerprint density at radius 1 is 1.30 bits per heavy atom. The van der Waals surface area contributed by atoms with Gasteiger partial charge in [0, 0.05) is 19.3 Å². The van der Waals surface area contributed by atoms with E-state index in [0.717, 1.165) is 6.42 Å². The van der Waals surface area contributed by atoms with Crippen LogP contribution in [0.5, 0.6) is 0 Å². The Kier molecular flexibility index (Phi) is 3.32. The average molecular weight is 288 g/mol. The summed E-state index contributed by atoms with van der Waals surface area (Å²) in [6.45, 7) is 1.29. The summed E-state index contributed by atoms with van der Waals surface area (Å²) in [4.78, 5) is 18.2. The van der Waals surface area contributed by atoms with E-state index in [1.165, 1.54) is 23.4 Å². The number of halogens is 1. The summed E-state index contributed by atoms with van der Waals surface area (Å²) in [7, 11) is 0. The van der Waals surface area contributed by atoms with Crippen molar-refractivity contribution in [1.82, 2.24) is 9.88 Å². The number of nitrogens with two attached hydrogens (primary N) is 1. The summed E-state index contributed by atoms with van der Waals surface area (Å²) < 4.78 is 0. The topological polar surface area (TPSA) is 59.2 Å². The van der Waals surface area contributed by atoms with Crippen molar-refractivity contribution in [2.75, 3.05) is 12.3 Å². The summed E-state index contributed by atoms with van der Waals surface area (Å²) in [5.41, 5.74) is 8.53. The molecule has 0 saturated heterocycles. The van der Waals surface area contributed by atoms with E-state index in [-0.39, 0.29) is 5.91 Å². The molecule has 4 nitrogen and oxygen atoms in total. The number of nitrogens with zero attached hydrogens (tertiary/aromatic N) is 2. The molecule has 2 heterocycles. The first-order valence-corrected chi connectivity index (χ1v) is 6.80. The minimum atomic E-state index is -0.0985. The molecule has 5 heteroatoms. The van der Waals surface area contributed by atoms with Crippen LogP contribution in [0, 0.1) is 0 Å². The highest BCUT2D eigenvalue weighted by molar-refractivity contribution is 6.33. The highest BCUT2D eigenvalue weighted by Crippen LogP contribution is 2.23. The Morgan fingerprint density at radius 3 is 2.85 bits per heavy atom. The van der Waals surface area contributed by atoms with Gasteiger partial charge in [0.15, 0.2) is 0 Å². The van der Waals surface area contributed by atoms with Crippen molar-refractivity contribution in [1.29, 1.82) is 0 Å². The van der Waals surface area contributed by atoms with Crippen LogP contribution in [0.3, 0.4) is 0 Å². The molecule has 0 fully saturated rings. The second kappa shape index (κ2) is 5.13. The fourth-order valence-corrected chi connectivity index (χ4v) is 2.64. The lowest BCUT2D eigenvalue weighted by Gasteiger charge is -2.29. The average Bonchev–Trinajstić information content (AvgIpc) is 2.48. The van der Waals surface area contributed by atoms with Crippen molar-refractivity contribution < 1.29 is 4.79 Å². The lowest BCUT2D eigenvalue weighted by atomic mass is 9.99. The molecule has 20 heavy (non-hydrogen) atoms. The van der Waals surface area contributed by atoms with Gasteiger partial charge in [-0.25, -0.2) is 4.98 Å². The van der Waals surface area contributed by atoms with Crippen molar-refractivity contribution in [3.05, 3.63) is 58.2 Å². The summed E-state index contributed by atoms with van der Waals surface area (Å²) in [6.07, 6.45) is 2.28.